The lowest BCUT2D eigenvalue weighted by atomic mass is 10.0. The van der Waals surface area contributed by atoms with E-state index in [0.29, 0.717) is 0 Å². The lowest BCUT2D eigenvalue weighted by Gasteiger charge is -2.30. The van der Waals surface area contributed by atoms with E-state index in [1.54, 1.807) is 21.3 Å². The Morgan fingerprint density at radius 1 is 0.625 bits per heavy atom. The van der Waals surface area contributed by atoms with Crippen LogP contribution in [-0.2, 0) is 19.8 Å². The van der Waals surface area contributed by atoms with Crippen molar-refractivity contribution >= 4 is 34.3 Å². The van der Waals surface area contributed by atoms with Crippen LogP contribution in [0.25, 0.3) is 0 Å². The largest absolute Gasteiger partial charge is 1.00 e. The van der Waals surface area contributed by atoms with Gasteiger partial charge in [-0.05, 0) is 25.8 Å². The summed E-state index contributed by atoms with van der Waals surface area (Å²) in [6.45, 7) is 7.62. The highest BCUT2D eigenvalue weighted by atomic mass is 35.5. The van der Waals surface area contributed by atoms with Crippen molar-refractivity contribution in [3.8, 4) is 0 Å². The van der Waals surface area contributed by atoms with Gasteiger partial charge in [0.25, 0.3) is 0 Å². The Bertz CT molecular complexity index is 550. The van der Waals surface area contributed by atoms with Crippen LogP contribution in [0.2, 0.25) is 0 Å². The second-order valence-corrected chi connectivity index (χ2v) is 12.7. The number of nitrogens with two attached hydrogens (primary N) is 1. The van der Waals surface area contributed by atoms with Gasteiger partial charge in [-0.3, -0.25) is 0 Å². The summed E-state index contributed by atoms with van der Waals surface area (Å²) in [6.07, 6.45) is 21.3. The highest BCUT2D eigenvalue weighted by Crippen LogP contribution is 2.15. The summed E-state index contributed by atoms with van der Waals surface area (Å²) < 4.78 is 15.3. The van der Waals surface area contributed by atoms with Crippen LogP contribution in [-0.4, -0.2) is 62.5 Å². The summed E-state index contributed by atoms with van der Waals surface area (Å²) in [4.78, 5) is 0. The van der Waals surface area contributed by atoms with Crippen molar-refractivity contribution in [3.05, 3.63) is 35.9 Å². The van der Waals surface area contributed by atoms with E-state index >= 15 is 0 Å². The minimum Gasteiger partial charge on any atom is -1.00 e. The monoisotopic (exact) mass is 648 g/mol. The summed E-state index contributed by atoms with van der Waals surface area (Å²) in [6, 6.07) is 10.9. The molecule has 1 rings (SSSR count). The number of quaternary nitrogens is 1. The van der Waals surface area contributed by atoms with E-state index in [1.807, 2.05) is 0 Å². The molecule has 0 saturated heterocycles. The molecule has 0 aliphatic rings. The van der Waals surface area contributed by atoms with Crippen molar-refractivity contribution in [1.82, 2.24) is 0 Å². The molecule has 0 spiro atoms. The molecular formula is C31H67Cl3N2O3Si. The molecule has 0 aliphatic carbocycles. The topological polar surface area (TPSA) is 53.7 Å². The molecule has 0 saturated carbocycles. The van der Waals surface area contributed by atoms with E-state index in [1.165, 1.54) is 102 Å². The smallest absolute Gasteiger partial charge is 0.483 e. The van der Waals surface area contributed by atoms with E-state index in [4.69, 9.17) is 19.0 Å². The lowest BCUT2D eigenvalue weighted by molar-refractivity contribution is -0.903. The lowest BCUT2D eigenvalue weighted by Crippen LogP contribution is -3.00. The second kappa shape index (κ2) is 39.1. The van der Waals surface area contributed by atoms with E-state index in [2.05, 4.69) is 58.3 Å². The van der Waals surface area contributed by atoms with Crippen LogP contribution in [0.15, 0.2) is 30.3 Å². The van der Waals surface area contributed by atoms with Gasteiger partial charge in [0.15, 0.2) is 0 Å². The predicted molar refractivity (Wildman–Crippen MR) is 179 cm³/mol. The molecule has 0 bridgehead atoms. The van der Waals surface area contributed by atoms with E-state index in [0.717, 1.165) is 24.0 Å². The van der Waals surface area contributed by atoms with Gasteiger partial charge in [0.05, 0.1) is 20.6 Å². The first-order valence-corrected chi connectivity index (χ1v) is 16.5. The van der Waals surface area contributed by atoms with Crippen molar-refractivity contribution in [2.24, 2.45) is 5.73 Å². The maximum atomic E-state index is 5.03. The first kappa shape index (κ1) is 49.8. The molecule has 9 heteroatoms. The van der Waals surface area contributed by atoms with E-state index < -0.39 is 9.53 Å². The minimum atomic E-state index is -1.67. The van der Waals surface area contributed by atoms with Crippen molar-refractivity contribution in [2.45, 2.75) is 117 Å². The summed E-state index contributed by atoms with van der Waals surface area (Å²) in [7, 11) is 7.79. The van der Waals surface area contributed by atoms with Gasteiger partial charge in [-0.25, -0.2) is 0 Å². The minimum absolute atomic E-state index is 0. The number of halogens is 3. The summed E-state index contributed by atoms with van der Waals surface area (Å²) in [5, 5.41) is 0. The zero-order chi connectivity index (χ0) is 28.0. The van der Waals surface area contributed by atoms with Crippen LogP contribution < -0.4 is 18.1 Å². The van der Waals surface area contributed by atoms with Gasteiger partial charge in [-0.1, -0.05) is 121 Å². The molecular weight excluding hydrogens is 583 g/mol. The van der Waals surface area contributed by atoms with Crippen molar-refractivity contribution < 1.29 is 30.2 Å². The standard InChI is InChI=1S/C25H46N.C3H9N.C3H10O3Si.3ClH/c1-4-5-6-7-8-9-10-11-12-13-14-15-16-20-23-26(2,3)24-25-21-18-17-19-22-25;1-2-3-4;1-4-7(5-2)6-3;;;/h17-19,21-22H,4-16,20,23-24H2,1-3H3;2-4H2,1H3;7H,1-3H3;3*1H/q+1;;;;;/p-1. The Morgan fingerprint density at radius 2 is 0.975 bits per heavy atom. The third-order valence-corrected chi connectivity index (χ3v) is 7.59. The fourth-order valence-corrected chi connectivity index (χ4v) is 4.76. The number of hydrogen-bond donors (Lipinski definition) is 1. The van der Waals surface area contributed by atoms with E-state index in [9.17, 15) is 0 Å². The molecule has 5 nitrogen and oxygen atoms in total. The summed E-state index contributed by atoms with van der Waals surface area (Å²) >= 11 is 0. The normalized spacial score (nSPS) is 10.2. The van der Waals surface area contributed by atoms with Gasteiger partial charge in [0, 0.05) is 26.9 Å². The average Bonchev–Trinajstić information content (AvgIpc) is 2.90. The van der Waals surface area contributed by atoms with E-state index in [-0.39, 0.29) is 37.2 Å². The van der Waals surface area contributed by atoms with Crippen LogP contribution in [0.3, 0.4) is 0 Å². The molecule has 0 unspecified atom stereocenters. The van der Waals surface area contributed by atoms with Gasteiger partial charge < -0.3 is 35.9 Å². The molecule has 0 fully saturated rings. The Morgan fingerprint density at radius 3 is 1.27 bits per heavy atom. The molecule has 1 aromatic rings. The number of nitrogens with zero attached hydrogens (tertiary/aromatic N) is 1. The third kappa shape index (κ3) is 38.1. The predicted octanol–water partition coefficient (Wildman–Crippen LogP) is 5.59. The second-order valence-electron chi connectivity index (χ2n) is 10.7. The molecule has 244 valence electrons. The van der Waals surface area contributed by atoms with Gasteiger partial charge >= 0.3 is 9.53 Å². The van der Waals surface area contributed by atoms with Crippen LogP contribution in [0.5, 0.6) is 0 Å². The Kier molecular flexibility index (Phi) is 48.7. The first-order valence-electron chi connectivity index (χ1n) is 15.0. The Labute approximate surface area is 270 Å². The number of unbranched alkanes of at least 4 members (excludes halogenated alkanes) is 13. The molecule has 0 atom stereocenters. The molecule has 1 aromatic carbocycles. The fraction of sp³-hybridized carbons (Fsp3) is 0.806. The average molecular weight is 650 g/mol. The maximum absolute atomic E-state index is 5.03. The van der Waals surface area contributed by atoms with Crippen LogP contribution >= 0.6 is 24.8 Å². The maximum Gasteiger partial charge on any atom is 0.483 e. The zero-order valence-corrected chi connectivity index (χ0v) is 30.7. The van der Waals surface area contributed by atoms with Crippen molar-refractivity contribution in [3.63, 3.8) is 0 Å². The fourth-order valence-electron chi connectivity index (χ4n) is 4.18. The number of hydrogen-bond acceptors (Lipinski definition) is 4. The van der Waals surface area contributed by atoms with Crippen LogP contribution in [0, 0.1) is 0 Å². The molecule has 0 radical (unpaired) electrons. The first-order chi connectivity index (χ1) is 17.9. The van der Waals surface area contributed by atoms with Gasteiger partial charge in [-0.2, -0.15) is 0 Å². The molecule has 2 N–H and O–H groups in total. The highest BCUT2D eigenvalue weighted by Gasteiger charge is 2.14. The summed E-state index contributed by atoms with van der Waals surface area (Å²) in [5.41, 5.74) is 6.49. The summed E-state index contributed by atoms with van der Waals surface area (Å²) in [5.74, 6) is 0. The SMILES string of the molecule is CCCCCCCCCCCCCCCC[N+](C)(C)Cc1ccccc1.CCCN.CO[SiH](OC)OC.Cl.Cl.[Cl-]. The van der Waals surface area contributed by atoms with Crippen molar-refractivity contribution in [2.75, 3.05) is 48.5 Å². The quantitative estimate of drug-likeness (QED) is 0.107. The zero-order valence-electron chi connectivity index (χ0n) is 27.1. The van der Waals surface area contributed by atoms with Crippen LogP contribution in [0.1, 0.15) is 116 Å². The molecule has 40 heavy (non-hydrogen) atoms. The van der Waals surface area contributed by atoms with Crippen LogP contribution in [0.4, 0.5) is 0 Å². The molecule has 0 heterocycles. The van der Waals surface area contributed by atoms with Gasteiger partial charge in [-0.15, -0.1) is 24.8 Å². The van der Waals surface area contributed by atoms with Gasteiger partial charge in [0.2, 0.25) is 0 Å². The third-order valence-electron chi connectivity index (χ3n) is 6.44. The molecule has 0 aromatic heterocycles. The Balaban J connectivity index is -0.000000248. The van der Waals surface area contributed by atoms with Gasteiger partial charge in [0.1, 0.15) is 6.54 Å². The Hall–Kier alpha value is 0.107. The number of rotatable bonds is 21. The highest BCUT2D eigenvalue weighted by molar-refractivity contribution is 6.36. The number of benzene rings is 1. The molecule has 0 amide bonds. The van der Waals surface area contributed by atoms with Crippen molar-refractivity contribution in [1.29, 1.82) is 0 Å². The molecule has 0 aliphatic heterocycles.